The van der Waals surface area contributed by atoms with Gasteiger partial charge in [-0.15, -0.1) is 0 Å². The maximum atomic E-state index is 13.3. The number of aromatic amines is 1. The van der Waals surface area contributed by atoms with E-state index in [4.69, 9.17) is 4.74 Å². The molecule has 0 radical (unpaired) electrons. The molecular formula is C22H24N4O4. The van der Waals surface area contributed by atoms with Crippen molar-refractivity contribution in [3.05, 3.63) is 80.6 Å². The second-order valence-corrected chi connectivity index (χ2v) is 6.66. The zero-order valence-electron chi connectivity index (χ0n) is 17.0. The number of rotatable bonds is 9. The Morgan fingerprint density at radius 2 is 1.87 bits per heavy atom. The highest BCUT2D eigenvalue weighted by Gasteiger charge is 2.19. The fourth-order valence-corrected chi connectivity index (χ4v) is 3.13. The summed E-state index contributed by atoms with van der Waals surface area (Å²) in [5.41, 5.74) is 2.85. The Kier molecular flexibility index (Phi) is 6.92. The highest BCUT2D eigenvalue weighted by Crippen LogP contribution is 2.22. The van der Waals surface area contributed by atoms with Crippen LogP contribution < -0.4 is 5.56 Å². The van der Waals surface area contributed by atoms with Gasteiger partial charge < -0.3 is 4.74 Å². The quantitative estimate of drug-likeness (QED) is 0.250. The van der Waals surface area contributed by atoms with E-state index < -0.39 is 4.92 Å². The van der Waals surface area contributed by atoms with Gasteiger partial charge in [-0.1, -0.05) is 30.3 Å². The van der Waals surface area contributed by atoms with Gasteiger partial charge in [-0.05, 0) is 32.4 Å². The maximum Gasteiger partial charge on any atom is 0.280 e. The molecule has 3 aromatic rings. The monoisotopic (exact) mass is 408 g/mol. The minimum atomic E-state index is -0.471. The van der Waals surface area contributed by atoms with Crippen molar-refractivity contribution in [2.45, 2.75) is 20.3 Å². The molecule has 0 bridgehead atoms. The predicted octanol–water partition coefficient (Wildman–Crippen LogP) is 3.98. The normalized spacial score (nSPS) is 11.6. The zero-order chi connectivity index (χ0) is 21.5. The molecule has 0 unspecified atom stereocenters. The van der Waals surface area contributed by atoms with Crippen molar-refractivity contribution >= 4 is 11.4 Å². The van der Waals surface area contributed by atoms with Crippen LogP contribution in [0.15, 0.2) is 64.4 Å². The molecule has 156 valence electrons. The lowest BCUT2D eigenvalue weighted by Crippen LogP contribution is -2.19. The molecule has 0 aliphatic carbocycles. The van der Waals surface area contributed by atoms with Crippen LogP contribution in [0, 0.1) is 10.1 Å². The number of nitrogens with zero attached hydrogens (tertiary/aromatic N) is 3. The van der Waals surface area contributed by atoms with Crippen LogP contribution in [0.5, 0.6) is 0 Å². The maximum absolute atomic E-state index is 13.3. The third-order valence-electron chi connectivity index (χ3n) is 4.63. The number of non-ortho nitro benzene ring substituents is 1. The van der Waals surface area contributed by atoms with Crippen molar-refractivity contribution in [3.8, 4) is 16.9 Å². The van der Waals surface area contributed by atoms with E-state index in [1.807, 2.05) is 44.2 Å². The zero-order valence-corrected chi connectivity index (χ0v) is 17.0. The molecule has 1 aromatic heterocycles. The molecule has 30 heavy (non-hydrogen) atoms. The number of H-pyrrole nitrogens is 1. The van der Waals surface area contributed by atoms with E-state index in [9.17, 15) is 14.9 Å². The fourth-order valence-electron chi connectivity index (χ4n) is 3.13. The molecule has 0 atom stereocenters. The summed E-state index contributed by atoms with van der Waals surface area (Å²) in [6.07, 6.45) is 0.771. The summed E-state index contributed by atoms with van der Waals surface area (Å²) in [7, 11) is 0. The van der Waals surface area contributed by atoms with Crippen LogP contribution in [0.25, 0.3) is 16.9 Å². The third-order valence-corrected chi connectivity index (χ3v) is 4.63. The van der Waals surface area contributed by atoms with Gasteiger partial charge in [0.2, 0.25) is 0 Å². The van der Waals surface area contributed by atoms with E-state index in [0.29, 0.717) is 42.4 Å². The topological polar surface area (TPSA) is 103 Å². The van der Waals surface area contributed by atoms with E-state index >= 15 is 0 Å². The van der Waals surface area contributed by atoms with Gasteiger partial charge in [0.25, 0.3) is 11.2 Å². The average molecular weight is 408 g/mol. The number of ether oxygens (including phenoxy) is 1. The Morgan fingerprint density at radius 3 is 2.50 bits per heavy atom. The molecular weight excluding hydrogens is 384 g/mol. The van der Waals surface area contributed by atoms with Gasteiger partial charge in [0.05, 0.1) is 21.9 Å². The van der Waals surface area contributed by atoms with Gasteiger partial charge in [-0.3, -0.25) is 25.0 Å². The Bertz CT molecular complexity index is 1080. The third kappa shape index (κ3) is 4.72. The number of nitro benzene ring substituents is 1. The van der Waals surface area contributed by atoms with Crippen molar-refractivity contribution in [2.75, 3.05) is 19.8 Å². The highest BCUT2D eigenvalue weighted by atomic mass is 16.6. The smallest absolute Gasteiger partial charge is 0.280 e. The standard InChI is InChI=1S/C22H24N4O4/c1-3-30-15-7-14-23-16(2)20-21(17-8-5-4-6-9-17)24-25(22(20)27)18-10-12-19(13-11-18)26(28)29/h4-6,8-13,24H,3,7,14-15H2,1-2H3. The van der Waals surface area contributed by atoms with Crippen LogP contribution in [0.1, 0.15) is 25.8 Å². The lowest BCUT2D eigenvalue weighted by molar-refractivity contribution is -0.384. The Hall–Kier alpha value is -3.52. The number of nitrogens with one attached hydrogen (secondary N) is 1. The Labute approximate surface area is 174 Å². The van der Waals surface area contributed by atoms with Crippen molar-refractivity contribution in [1.82, 2.24) is 9.78 Å². The van der Waals surface area contributed by atoms with Crippen LogP contribution in [0.4, 0.5) is 5.69 Å². The second kappa shape index (κ2) is 9.80. The largest absolute Gasteiger partial charge is 0.382 e. The summed E-state index contributed by atoms with van der Waals surface area (Å²) >= 11 is 0. The number of hydrogen-bond donors (Lipinski definition) is 1. The van der Waals surface area contributed by atoms with Gasteiger partial charge in [0.1, 0.15) is 0 Å². The van der Waals surface area contributed by atoms with E-state index in [-0.39, 0.29) is 11.2 Å². The molecule has 1 heterocycles. The summed E-state index contributed by atoms with van der Waals surface area (Å²) in [4.78, 5) is 28.3. The number of hydrogen-bond acceptors (Lipinski definition) is 5. The average Bonchev–Trinajstić information content (AvgIpc) is 3.11. The summed E-state index contributed by atoms with van der Waals surface area (Å²) in [5, 5.41) is 14.1. The summed E-state index contributed by atoms with van der Waals surface area (Å²) in [6.45, 7) is 5.61. The van der Waals surface area contributed by atoms with E-state index in [2.05, 4.69) is 10.1 Å². The lowest BCUT2D eigenvalue weighted by atomic mass is 10.1. The number of aromatic nitrogens is 2. The van der Waals surface area contributed by atoms with Crippen LogP contribution in [-0.2, 0) is 4.74 Å². The van der Waals surface area contributed by atoms with Crippen molar-refractivity contribution in [3.63, 3.8) is 0 Å². The van der Waals surface area contributed by atoms with Crippen molar-refractivity contribution in [1.29, 1.82) is 0 Å². The molecule has 0 aliphatic heterocycles. The molecule has 8 nitrogen and oxygen atoms in total. The van der Waals surface area contributed by atoms with Gasteiger partial charge >= 0.3 is 0 Å². The first kappa shape index (κ1) is 21.2. The van der Waals surface area contributed by atoms with Gasteiger partial charge in [-0.25, -0.2) is 4.68 Å². The molecule has 0 amide bonds. The van der Waals surface area contributed by atoms with Gasteiger partial charge in [-0.2, -0.15) is 0 Å². The molecule has 8 heteroatoms. The Balaban J connectivity index is 2.03. The lowest BCUT2D eigenvalue weighted by Gasteiger charge is -2.03. The molecule has 0 spiro atoms. The predicted molar refractivity (Wildman–Crippen MR) is 117 cm³/mol. The molecule has 0 aliphatic rings. The first-order valence-corrected chi connectivity index (χ1v) is 9.77. The van der Waals surface area contributed by atoms with Crippen molar-refractivity contribution in [2.24, 2.45) is 4.99 Å². The number of aliphatic imine (C=N–C) groups is 1. The van der Waals surface area contributed by atoms with Gasteiger partial charge in [0.15, 0.2) is 0 Å². The minimum Gasteiger partial charge on any atom is -0.382 e. The van der Waals surface area contributed by atoms with Crippen LogP contribution in [0.2, 0.25) is 0 Å². The number of benzene rings is 2. The molecule has 0 saturated carbocycles. The molecule has 0 saturated heterocycles. The highest BCUT2D eigenvalue weighted by molar-refractivity contribution is 6.03. The molecule has 1 N–H and O–H groups in total. The van der Waals surface area contributed by atoms with Crippen LogP contribution >= 0.6 is 0 Å². The summed E-state index contributed by atoms with van der Waals surface area (Å²) in [5.74, 6) is 0. The van der Waals surface area contributed by atoms with E-state index in [1.54, 1.807) is 12.1 Å². The Morgan fingerprint density at radius 1 is 1.17 bits per heavy atom. The molecule has 0 fully saturated rings. The first-order chi connectivity index (χ1) is 14.5. The van der Waals surface area contributed by atoms with Crippen LogP contribution in [-0.4, -0.2) is 40.2 Å². The summed E-state index contributed by atoms with van der Waals surface area (Å²) < 4.78 is 6.73. The van der Waals surface area contributed by atoms with E-state index in [0.717, 1.165) is 12.0 Å². The first-order valence-electron chi connectivity index (χ1n) is 9.77. The van der Waals surface area contributed by atoms with Gasteiger partial charge in [0, 0.05) is 43.2 Å². The van der Waals surface area contributed by atoms with Crippen LogP contribution in [0.3, 0.4) is 0 Å². The van der Waals surface area contributed by atoms with E-state index in [1.165, 1.54) is 16.8 Å². The van der Waals surface area contributed by atoms with Crippen molar-refractivity contribution < 1.29 is 9.66 Å². The second-order valence-electron chi connectivity index (χ2n) is 6.66. The molecule has 2 aromatic carbocycles. The SMILES string of the molecule is CCOCCCN=C(C)c1c(-c2ccccc2)[nH]n(-c2ccc([N+](=O)[O-])cc2)c1=O. The fraction of sp³-hybridized carbons (Fsp3) is 0.273. The minimum absolute atomic E-state index is 0.0334. The summed E-state index contributed by atoms with van der Waals surface area (Å²) in [6, 6.07) is 15.4. The number of nitro groups is 1. The molecule has 3 rings (SSSR count).